The molecular formula is C15H17N5O2. The minimum absolute atomic E-state index is 0.0518. The number of nitrogens with one attached hydrogen (secondary N) is 1. The molecule has 3 aromatic heterocycles. The van der Waals surface area contributed by atoms with E-state index in [2.05, 4.69) is 15.4 Å². The number of fused-ring (bicyclic) bond motifs is 1. The third-order valence-electron chi connectivity index (χ3n) is 3.50. The highest BCUT2D eigenvalue weighted by atomic mass is 16.3. The molecule has 0 radical (unpaired) electrons. The van der Waals surface area contributed by atoms with Crippen LogP contribution in [0.1, 0.15) is 17.3 Å². The summed E-state index contributed by atoms with van der Waals surface area (Å²) in [5.74, 6) is 1.71. The maximum atomic E-state index is 12.3. The van der Waals surface area contributed by atoms with E-state index in [0.717, 1.165) is 0 Å². The Balaban J connectivity index is 2.13. The van der Waals surface area contributed by atoms with E-state index in [1.807, 2.05) is 6.92 Å². The van der Waals surface area contributed by atoms with Gasteiger partial charge < -0.3 is 14.6 Å². The predicted molar refractivity (Wildman–Crippen MR) is 82.9 cm³/mol. The standard InChI is InChI=1S/C15H17N5O2/c1-4-19(3)15(21)10-8-12(16-2)20-13(9-10)17-14(18-20)11-6-5-7-22-11/h5-9,16H,4H2,1-3H3. The summed E-state index contributed by atoms with van der Waals surface area (Å²) in [6, 6.07) is 7.08. The summed E-state index contributed by atoms with van der Waals surface area (Å²) in [5, 5.41) is 7.46. The van der Waals surface area contributed by atoms with E-state index >= 15 is 0 Å². The van der Waals surface area contributed by atoms with Crippen molar-refractivity contribution in [3.05, 3.63) is 36.1 Å². The molecule has 0 aliphatic heterocycles. The second-order valence-electron chi connectivity index (χ2n) is 4.88. The number of furan rings is 1. The lowest BCUT2D eigenvalue weighted by molar-refractivity contribution is 0.0802. The van der Waals surface area contributed by atoms with Crippen LogP contribution in [0.5, 0.6) is 0 Å². The molecule has 114 valence electrons. The van der Waals surface area contributed by atoms with E-state index in [1.54, 1.807) is 54.0 Å². The summed E-state index contributed by atoms with van der Waals surface area (Å²) in [7, 11) is 3.55. The monoisotopic (exact) mass is 299 g/mol. The van der Waals surface area contributed by atoms with Crippen LogP contribution in [-0.4, -0.2) is 46.0 Å². The van der Waals surface area contributed by atoms with Crippen LogP contribution in [0.4, 0.5) is 5.82 Å². The van der Waals surface area contributed by atoms with Gasteiger partial charge in [-0.1, -0.05) is 0 Å². The van der Waals surface area contributed by atoms with Crippen LogP contribution in [0, 0.1) is 0 Å². The molecule has 0 bridgehead atoms. The minimum atomic E-state index is -0.0518. The van der Waals surface area contributed by atoms with E-state index in [0.29, 0.717) is 35.2 Å². The summed E-state index contributed by atoms with van der Waals surface area (Å²) < 4.78 is 6.98. The Hall–Kier alpha value is -2.83. The van der Waals surface area contributed by atoms with Gasteiger partial charge in [0.1, 0.15) is 5.82 Å². The van der Waals surface area contributed by atoms with Crippen LogP contribution >= 0.6 is 0 Å². The number of carbonyl (C=O) groups is 1. The number of amides is 1. The zero-order chi connectivity index (χ0) is 15.7. The molecule has 0 saturated carbocycles. The Kier molecular flexibility index (Phi) is 3.54. The van der Waals surface area contributed by atoms with Gasteiger partial charge in [0.05, 0.1) is 6.26 Å². The second kappa shape index (κ2) is 5.51. The van der Waals surface area contributed by atoms with Crippen molar-refractivity contribution in [2.75, 3.05) is 26.0 Å². The number of hydrogen-bond donors (Lipinski definition) is 1. The molecule has 1 amide bonds. The SMILES string of the molecule is CCN(C)C(=O)c1cc(NC)n2nc(-c3ccco3)nc2c1. The molecule has 3 rings (SSSR count). The van der Waals surface area contributed by atoms with Crippen molar-refractivity contribution in [3.8, 4) is 11.6 Å². The van der Waals surface area contributed by atoms with Crippen LogP contribution in [0.3, 0.4) is 0 Å². The summed E-state index contributed by atoms with van der Waals surface area (Å²) >= 11 is 0. The first-order valence-electron chi connectivity index (χ1n) is 7.02. The van der Waals surface area contributed by atoms with Gasteiger partial charge in [0.15, 0.2) is 11.4 Å². The molecule has 0 saturated heterocycles. The highest BCUT2D eigenvalue weighted by Crippen LogP contribution is 2.21. The van der Waals surface area contributed by atoms with Crippen molar-refractivity contribution in [1.29, 1.82) is 0 Å². The molecule has 0 atom stereocenters. The number of anilines is 1. The molecule has 0 aliphatic carbocycles. The topological polar surface area (TPSA) is 75.7 Å². The summed E-state index contributed by atoms with van der Waals surface area (Å²) in [4.78, 5) is 18.4. The number of rotatable bonds is 4. The first kappa shape index (κ1) is 14.1. The second-order valence-corrected chi connectivity index (χ2v) is 4.88. The van der Waals surface area contributed by atoms with Gasteiger partial charge in [-0.3, -0.25) is 4.79 Å². The predicted octanol–water partition coefficient (Wildman–Crippen LogP) is 2.12. The Morgan fingerprint density at radius 3 is 2.91 bits per heavy atom. The van der Waals surface area contributed by atoms with Gasteiger partial charge >= 0.3 is 0 Å². The zero-order valence-electron chi connectivity index (χ0n) is 12.7. The molecule has 0 aliphatic rings. The molecule has 1 N–H and O–H groups in total. The first-order valence-corrected chi connectivity index (χ1v) is 7.02. The van der Waals surface area contributed by atoms with Crippen molar-refractivity contribution in [3.63, 3.8) is 0 Å². The van der Waals surface area contributed by atoms with Crippen LogP contribution in [0.15, 0.2) is 34.9 Å². The fourth-order valence-electron chi connectivity index (χ4n) is 2.16. The molecule has 0 unspecified atom stereocenters. The fourth-order valence-corrected chi connectivity index (χ4v) is 2.16. The van der Waals surface area contributed by atoms with Crippen molar-refractivity contribution in [2.45, 2.75) is 6.92 Å². The Labute approximate surface area is 127 Å². The van der Waals surface area contributed by atoms with Crippen molar-refractivity contribution < 1.29 is 9.21 Å². The summed E-state index contributed by atoms with van der Waals surface area (Å²) in [5.41, 5.74) is 1.16. The van der Waals surface area contributed by atoms with Gasteiger partial charge in [0, 0.05) is 26.2 Å². The average molecular weight is 299 g/mol. The molecule has 3 heterocycles. The third kappa shape index (κ3) is 2.30. The largest absolute Gasteiger partial charge is 0.461 e. The lowest BCUT2D eigenvalue weighted by atomic mass is 10.2. The Morgan fingerprint density at radius 1 is 1.45 bits per heavy atom. The molecular weight excluding hydrogens is 282 g/mol. The van der Waals surface area contributed by atoms with Gasteiger partial charge in [0.25, 0.3) is 5.91 Å². The lowest BCUT2D eigenvalue weighted by Crippen LogP contribution is -2.26. The number of nitrogens with zero attached hydrogens (tertiary/aromatic N) is 4. The highest BCUT2D eigenvalue weighted by molar-refractivity contribution is 5.95. The lowest BCUT2D eigenvalue weighted by Gasteiger charge is -2.15. The maximum absolute atomic E-state index is 12.3. The van der Waals surface area contributed by atoms with Crippen molar-refractivity contribution in [2.24, 2.45) is 0 Å². The van der Waals surface area contributed by atoms with E-state index in [1.165, 1.54) is 0 Å². The zero-order valence-corrected chi connectivity index (χ0v) is 12.7. The van der Waals surface area contributed by atoms with Crippen LogP contribution < -0.4 is 5.32 Å². The van der Waals surface area contributed by atoms with E-state index < -0.39 is 0 Å². The average Bonchev–Trinajstić information content (AvgIpc) is 3.20. The smallest absolute Gasteiger partial charge is 0.253 e. The van der Waals surface area contributed by atoms with Crippen LogP contribution in [-0.2, 0) is 0 Å². The van der Waals surface area contributed by atoms with Gasteiger partial charge in [-0.25, -0.2) is 4.98 Å². The van der Waals surface area contributed by atoms with Gasteiger partial charge in [0.2, 0.25) is 5.82 Å². The van der Waals surface area contributed by atoms with Gasteiger partial charge in [-0.2, -0.15) is 4.52 Å². The summed E-state index contributed by atoms with van der Waals surface area (Å²) in [6.07, 6.45) is 1.57. The highest BCUT2D eigenvalue weighted by Gasteiger charge is 2.16. The van der Waals surface area contributed by atoms with E-state index in [-0.39, 0.29) is 5.91 Å². The number of hydrogen-bond acceptors (Lipinski definition) is 5. The molecule has 3 aromatic rings. The molecule has 0 aromatic carbocycles. The van der Waals surface area contributed by atoms with E-state index in [9.17, 15) is 4.79 Å². The quantitative estimate of drug-likeness (QED) is 0.798. The summed E-state index contributed by atoms with van der Waals surface area (Å²) in [6.45, 7) is 2.57. The minimum Gasteiger partial charge on any atom is -0.461 e. The first-order chi connectivity index (χ1) is 10.6. The normalized spacial score (nSPS) is 10.9. The fraction of sp³-hybridized carbons (Fsp3) is 0.267. The van der Waals surface area contributed by atoms with Gasteiger partial charge in [-0.05, 0) is 31.2 Å². The maximum Gasteiger partial charge on any atom is 0.253 e. The van der Waals surface area contributed by atoms with Crippen molar-refractivity contribution in [1.82, 2.24) is 19.5 Å². The molecule has 22 heavy (non-hydrogen) atoms. The van der Waals surface area contributed by atoms with Crippen LogP contribution in [0.2, 0.25) is 0 Å². The third-order valence-corrected chi connectivity index (χ3v) is 3.50. The van der Waals surface area contributed by atoms with E-state index in [4.69, 9.17) is 4.42 Å². The number of carbonyl (C=O) groups excluding carboxylic acids is 1. The van der Waals surface area contributed by atoms with Crippen molar-refractivity contribution >= 4 is 17.4 Å². The number of aromatic nitrogens is 3. The molecule has 0 spiro atoms. The molecule has 0 fully saturated rings. The van der Waals surface area contributed by atoms with Gasteiger partial charge in [-0.15, -0.1) is 5.10 Å². The molecule has 7 heteroatoms. The molecule has 7 nitrogen and oxygen atoms in total. The van der Waals surface area contributed by atoms with Crippen LogP contribution in [0.25, 0.3) is 17.2 Å². The Bertz CT molecular complexity index is 807. The number of pyridine rings is 1. The Morgan fingerprint density at radius 2 is 2.27 bits per heavy atom.